The number of rotatable bonds is 5. The molecule has 0 N–H and O–H groups in total. The van der Waals surface area contributed by atoms with Crippen molar-refractivity contribution in [2.75, 3.05) is 7.05 Å². The minimum Gasteiger partial charge on any atom is -0.338 e. The summed E-state index contributed by atoms with van der Waals surface area (Å²) in [5.41, 5.74) is 1.91. The Balaban J connectivity index is 1.79. The van der Waals surface area contributed by atoms with Gasteiger partial charge in [0.2, 0.25) is 21.7 Å². The summed E-state index contributed by atoms with van der Waals surface area (Å²) < 4.78 is 32.4. The normalized spacial score (nSPS) is 11.8. The van der Waals surface area contributed by atoms with Crippen LogP contribution in [0.3, 0.4) is 0 Å². The van der Waals surface area contributed by atoms with E-state index in [0.29, 0.717) is 5.82 Å². The van der Waals surface area contributed by atoms with Crippen molar-refractivity contribution in [3.8, 4) is 11.4 Å². The first-order valence-electron chi connectivity index (χ1n) is 7.48. The lowest BCUT2D eigenvalue weighted by Crippen LogP contribution is -2.26. The van der Waals surface area contributed by atoms with Gasteiger partial charge in [-0.3, -0.25) is 0 Å². The van der Waals surface area contributed by atoms with Gasteiger partial charge in [-0.15, -0.1) is 0 Å². The second-order valence-corrected chi connectivity index (χ2v) is 8.56. The number of halogens is 1. The van der Waals surface area contributed by atoms with E-state index in [1.807, 2.05) is 31.2 Å². The summed E-state index contributed by atoms with van der Waals surface area (Å²) in [4.78, 5) is 4.50. The van der Waals surface area contributed by atoms with Gasteiger partial charge in [-0.1, -0.05) is 44.8 Å². The summed E-state index contributed by atoms with van der Waals surface area (Å²) in [6, 6.07) is 14.2. The molecule has 3 aromatic rings. The van der Waals surface area contributed by atoms with Crippen molar-refractivity contribution in [1.82, 2.24) is 14.4 Å². The van der Waals surface area contributed by atoms with Crippen molar-refractivity contribution in [2.24, 2.45) is 0 Å². The zero-order valence-corrected chi connectivity index (χ0v) is 16.1. The number of benzene rings is 2. The van der Waals surface area contributed by atoms with E-state index in [4.69, 9.17) is 4.52 Å². The molecule has 0 aliphatic rings. The van der Waals surface area contributed by atoms with E-state index in [1.54, 1.807) is 24.3 Å². The van der Waals surface area contributed by atoms with E-state index in [0.717, 1.165) is 15.6 Å². The third-order valence-electron chi connectivity index (χ3n) is 3.62. The quantitative estimate of drug-likeness (QED) is 0.628. The van der Waals surface area contributed by atoms with Gasteiger partial charge in [0.15, 0.2) is 0 Å². The largest absolute Gasteiger partial charge is 0.338 e. The summed E-state index contributed by atoms with van der Waals surface area (Å²) in [5, 5.41) is 3.93. The first-order chi connectivity index (χ1) is 11.9. The Morgan fingerprint density at radius 3 is 2.56 bits per heavy atom. The maximum absolute atomic E-state index is 12.6. The van der Waals surface area contributed by atoms with Gasteiger partial charge in [0.1, 0.15) is 0 Å². The molecule has 8 heteroatoms. The zero-order valence-electron chi connectivity index (χ0n) is 13.7. The van der Waals surface area contributed by atoms with Gasteiger partial charge < -0.3 is 4.52 Å². The average Bonchev–Trinajstić information content (AvgIpc) is 3.04. The summed E-state index contributed by atoms with van der Waals surface area (Å²) >= 11 is 3.29. The van der Waals surface area contributed by atoms with Gasteiger partial charge in [0, 0.05) is 17.1 Å². The Morgan fingerprint density at radius 1 is 1.16 bits per heavy atom. The van der Waals surface area contributed by atoms with Crippen LogP contribution in [-0.2, 0) is 16.6 Å². The first kappa shape index (κ1) is 17.8. The molecule has 0 fully saturated rings. The average molecular weight is 422 g/mol. The smallest absolute Gasteiger partial charge is 0.243 e. The van der Waals surface area contributed by atoms with Crippen LogP contribution < -0.4 is 0 Å². The van der Waals surface area contributed by atoms with Gasteiger partial charge in [0.05, 0.1) is 11.4 Å². The Bertz CT molecular complexity index is 984. The maximum atomic E-state index is 12.6. The number of nitrogens with zero attached hydrogens (tertiary/aromatic N) is 3. The molecule has 1 heterocycles. The van der Waals surface area contributed by atoms with Crippen molar-refractivity contribution < 1.29 is 12.9 Å². The molecule has 2 aromatic carbocycles. The standard InChI is InChI=1S/C17H16BrN3O3S/c1-12-4-3-5-13(10-12)17-19-16(24-20-17)11-21(2)25(22,23)15-8-6-14(18)7-9-15/h3-10H,11H2,1-2H3. The fourth-order valence-corrected chi connectivity index (χ4v) is 3.67. The van der Waals surface area contributed by atoms with Crippen LogP contribution in [0.25, 0.3) is 11.4 Å². The Labute approximate surface area is 154 Å². The predicted octanol–water partition coefficient (Wildman–Crippen LogP) is 3.63. The summed E-state index contributed by atoms with van der Waals surface area (Å²) in [6.07, 6.45) is 0. The second kappa shape index (κ2) is 7.07. The van der Waals surface area contributed by atoms with Gasteiger partial charge in [-0.25, -0.2) is 8.42 Å². The van der Waals surface area contributed by atoms with Crippen LogP contribution in [-0.4, -0.2) is 29.9 Å². The number of aromatic nitrogens is 2. The summed E-state index contributed by atoms with van der Waals surface area (Å²) in [6.45, 7) is 1.97. The lowest BCUT2D eigenvalue weighted by molar-refractivity contribution is 0.337. The topological polar surface area (TPSA) is 76.3 Å². The van der Waals surface area contributed by atoms with E-state index >= 15 is 0 Å². The first-order valence-corrected chi connectivity index (χ1v) is 9.71. The number of sulfonamides is 1. The van der Waals surface area contributed by atoms with Crippen LogP contribution >= 0.6 is 15.9 Å². The molecule has 3 rings (SSSR count). The SMILES string of the molecule is Cc1cccc(-c2noc(CN(C)S(=O)(=O)c3ccc(Br)cc3)n2)c1. The van der Waals surface area contributed by atoms with Crippen LogP contribution in [0, 0.1) is 6.92 Å². The Morgan fingerprint density at radius 2 is 1.88 bits per heavy atom. The minimum atomic E-state index is -3.63. The van der Waals surface area contributed by atoms with Crippen molar-refractivity contribution in [1.29, 1.82) is 0 Å². The minimum absolute atomic E-state index is 0.00276. The van der Waals surface area contributed by atoms with Crippen LogP contribution in [0.4, 0.5) is 0 Å². The van der Waals surface area contributed by atoms with Crippen molar-refractivity contribution in [3.63, 3.8) is 0 Å². The molecule has 0 saturated carbocycles. The molecule has 1 aromatic heterocycles. The zero-order chi connectivity index (χ0) is 18.0. The molecular weight excluding hydrogens is 406 g/mol. The van der Waals surface area contributed by atoms with E-state index in [1.165, 1.54) is 11.4 Å². The molecule has 0 unspecified atom stereocenters. The van der Waals surface area contributed by atoms with E-state index in [2.05, 4.69) is 26.1 Å². The third kappa shape index (κ3) is 3.97. The molecule has 0 atom stereocenters. The van der Waals surface area contributed by atoms with Crippen molar-refractivity contribution in [2.45, 2.75) is 18.4 Å². The second-order valence-electron chi connectivity index (χ2n) is 5.60. The molecule has 25 heavy (non-hydrogen) atoms. The molecule has 0 aliphatic carbocycles. The molecule has 0 aliphatic heterocycles. The summed E-state index contributed by atoms with van der Waals surface area (Å²) in [7, 11) is -2.15. The van der Waals surface area contributed by atoms with Crippen molar-refractivity contribution in [3.05, 3.63) is 64.5 Å². The molecule has 6 nitrogen and oxygen atoms in total. The van der Waals surface area contributed by atoms with Gasteiger partial charge >= 0.3 is 0 Å². The molecule has 0 radical (unpaired) electrons. The number of hydrogen-bond donors (Lipinski definition) is 0. The molecule has 0 bridgehead atoms. The fraction of sp³-hybridized carbons (Fsp3) is 0.176. The fourth-order valence-electron chi connectivity index (χ4n) is 2.28. The van der Waals surface area contributed by atoms with Crippen LogP contribution in [0.1, 0.15) is 11.5 Å². The monoisotopic (exact) mass is 421 g/mol. The van der Waals surface area contributed by atoms with Gasteiger partial charge in [-0.2, -0.15) is 9.29 Å². The van der Waals surface area contributed by atoms with Gasteiger partial charge in [0.25, 0.3) is 0 Å². The number of hydrogen-bond acceptors (Lipinski definition) is 5. The highest BCUT2D eigenvalue weighted by molar-refractivity contribution is 9.10. The van der Waals surface area contributed by atoms with Crippen LogP contribution in [0.2, 0.25) is 0 Å². The van der Waals surface area contributed by atoms with E-state index in [9.17, 15) is 8.42 Å². The highest BCUT2D eigenvalue weighted by Crippen LogP contribution is 2.21. The Hall–Kier alpha value is -2.03. The van der Waals surface area contributed by atoms with Gasteiger partial charge in [-0.05, 0) is 37.3 Å². The lowest BCUT2D eigenvalue weighted by Gasteiger charge is -2.15. The molecule has 0 saturated heterocycles. The summed E-state index contributed by atoms with van der Waals surface area (Å²) in [5.74, 6) is 0.674. The lowest BCUT2D eigenvalue weighted by atomic mass is 10.1. The molecule has 0 spiro atoms. The van der Waals surface area contributed by atoms with Crippen molar-refractivity contribution >= 4 is 26.0 Å². The maximum Gasteiger partial charge on any atom is 0.243 e. The Kier molecular flexibility index (Phi) is 5.03. The molecular formula is C17H16BrN3O3S. The molecule has 130 valence electrons. The predicted molar refractivity (Wildman–Crippen MR) is 97.3 cm³/mol. The third-order valence-corrected chi connectivity index (χ3v) is 5.97. The van der Waals surface area contributed by atoms with E-state index < -0.39 is 10.0 Å². The molecule has 0 amide bonds. The van der Waals surface area contributed by atoms with E-state index in [-0.39, 0.29) is 17.3 Å². The van der Waals surface area contributed by atoms with Crippen LogP contribution in [0.5, 0.6) is 0 Å². The van der Waals surface area contributed by atoms with Crippen LogP contribution in [0.15, 0.2) is 62.4 Å². The highest BCUT2D eigenvalue weighted by atomic mass is 79.9. The number of aryl methyl sites for hydroxylation is 1. The highest BCUT2D eigenvalue weighted by Gasteiger charge is 2.23.